The molecule has 0 aliphatic rings. The summed E-state index contributed by atoms with van der Waals surface area (Å²) < 4.78 is 5.57. The minimum atomic E-state index is 0.508. The van der Waals surface area contributed by atoms with E-state index in [1.54, 1.807) is 0 Å². The second-order valence-corrected chi connectivity index (χ2v) is 4.85. The van der Waals surface area contributed by atoms with E-state index in [0.29, 0.717) is 12.6 Å². The van der Waals surface area contributed by atoms with E-state index < -0.39 is 0 Å². The number of rotatable bonds is 10. The number of nitrogens with zero attached hydrogens (tertiary/aromatic N) is 2. The topological polar surface area (TPSA) is 47.0 Å². The average molecular weight is 265 g/mol. The predicted molar refractivity (Wildman–Crippen MR) is 78.4 cm³/mol. The van der Waals surface area contributed by atoms with Crippen molar-refractivity contribution in [3.63, 3.8) is 0 Å². The number of aryl methyl sites for hydroxylation is 1. The van der Waals surface area contributed by atoms with Gasteiger partial charge in [-0.15, -0.1) is 0 Å². The summed E-state index contributed by atoms with van der Waals surface area (Å²) in [6.07, 6.45) is 7.82. The van der Waals surface area contributed by atoms with Gasteiger partial charge < -0.3 is 10.1 Å². The fourth-order valence-electron chi connectivity index (χ4n) is 1.81. The molecule has 0 aromatic carbocycles. The van der Waals surface area contributed by atoms with E-state index in [4.69, 9.17) is 4.74 Å². The molecule has 1 aromatic rings. The fraction of sp³-hybridized carbons (Fsp3) is 0.733. The van der Waals surface area contributed by atoms with E-state index in [1.807, 2.05) is 13.1 Å². The van der Waals surface area contributed by atoms with Crippen molar-refractivity contribution in [1.29, 1.82) is 0 Å². The first-order valence-electron chi connectivity index (χ1n) is 7.44. The average Bonchev–Trinajstić information content (AvgIpc) is 2.41. The Bertz CT molecular complexity index is 355. The van der Waals surface area contributed by atoms with Crippen molar-refractivity contribution in [1.82, 2.24) is 15.3 Å². The SMILES string of the molecule is CCCCCCOc1ncc(CNCCC)c(C)n1. The van der Waals surface area contributed by atoms with Crippen LogP contribution in [0.5, 0.6) is 6.01 Å². The molecular weight excluding hydrogens is 238 g/mol. The molecule has 4 heteroatoms. The lowest BCUT2D eigenvalue weighted by Crippen LogP contribution is -2.15. The standard InChI is InChI=1S/C15H27N3O/c1-4-6-7-8-10-19-15-17-12-14(13(3)18-15)11-16-9-5-2/h12,16H,4-11H2,1-3H3. The van der Waals surface area contributed by atoms with Gasteiger partial charge >= 0.3 is 6.01 Å². The van der Waals surface area contributed by atoms with Crippen LogP contribution in [0.1, 0.15) is 57.2 Å². The first-order chi connectivity index (χ1) is 9.27. The van der Waals surface area contributed by atoms with Crippen molar-refractivity contribution in [2.75, 3.05) is 13.2 Å². The van der Waals surface area contributed by atoms with Crippen LogP contribution in [-0.4, -0.2) is 23.1 Å². The smallest absolute Gasteiger partial charge is 0.316 e. The van der Waals surface area contributed by atoms with Gasteiger partial charge in [0.2, 0.25) is 0 Å². The van der Waals surface area contributed by atoms with Crippen LogP contribution in [-0.2, 0) is 6.54 Å². The third kappa shape index (κ3) is 6.53. The molecule has 1 rings (SSSR count). The third-order valence-corrected chi connectivity index (χ3v) is 3.03. The van der Waals surface area contributed by atoms with E-state index >= 15 is 0 Å². The molecule has 0 saturated carbocycles. The molecule has 1 N–H and O–H groups in total. The molecular formula is C15H27N3O. The molecule has 0 saturated heterocycles. The number of aromatic nitrogens is 2. The molecule has 0 bridgehead atoms. The van der Waals surface area contributed by atoms with E-state index in [0.717, 1.165) is 37.2 Å². The molecule has 0 fully saturated rings. The van der Waals surface area contributed by atoms with Gasteiger partial charge in [-0.2, -0.15) is 0 Å². The second kappa shape index (κ2) is 9.73. The predicted octanol–water partition coefficient (Wildman–Crippen LogP) is 3.24. The molecule has 19 heavy (non-hydrogen) atoms. The van der Waals surface area contributed by atoms with Gasteiger partial charge in [0.15, 0.2) is 0 Å². The fourth-order valence-corrected chi connectivity index (χ4v) is 1.81. The molecule has 0 aliphatic heterocycles. The monoisotopic (exact) mass is 265 g/mol. The van der Waals surface area contributed by atoms with Crippen LogP contribution in [0.2, 0.25) is 0 Å². The maximum atomic E-state index is 5.57. The highest BCUT2D eigenvalue weighted by Gasteiger charge is 2.03. The van der Waals surface area contributed by atoms with E-state index in [1.165, 1.54) is 19.3 Å². The second-order valence-electron chi connectivity index (χ2n) is 4.85. The summed E-state index contributed by atoms with van der Waals surface area (Å²) in [5, 5.41) is 3.36. The van der Waals surface area contributed by atoms with Gasteiger partial charge in [-0.05, 0) is 26.3 Å². The number of hydrogen-bond acceptors (Lipinski definition) is 4. The Hall–Kier alpha value is -1.16. The lowest BCUT2D eigenvalue weighted by Gasteiger charge is -2.08. The quantitative estimate of drug-likeness (QED) is 0.660. The Balaban J connectivity index is 2.34. The number of hydrogen-bond donors (Lipinski definition) is 1. The summed E-state index contributed by atoms with van der Waals surface area (Å²) in [6, 6.07) is 0.508. The zero-order chi connectivity index (χ0) is 13.9. The van der Waals surface area contributed by atoms with Crippen LogP contribution in [0, 0.1) is 6.92 Å². The minimum absolute atomic E-state index is 0.508. The van der Waals surface area contributed by atoms with Crippen molar-refractivity contribution >= 4 is 0 Å². The first-order valence-corrected chi connectivity index (χ1v) is 7.44. The summed E-state index contributed by atoms with van der Waals surface area (Å²) in [5.74, 6) is 0. The molecule has 1 heterocycles. The highest BCUT2D eigenvalue weighted by atomic mass is 16.5. The van der Waals surface area contributed by atoms with Crippen LogP contribution < -0.4 is 10.1 Å². The molecule has 1 aromatic heterocycles. The summed E-state index contributed by atoms with van der Waals surface area (Å²) in [4.78, 5) is 8.66. The highest BCUT2D eigenvalue weighted by Crippen LogP contribution is 2.09. The maximum Gasteiger partial charge on any atom is 0.316 e. The van der Waals surface area contributed by atoms with Crippen molar-refractivity contribution < 1.29 is 4.74 Å². The number of nitrogens with one attached hydrogen (secondary N) is 1. The number of ether oxygens (including phenoxy) is 1. The lowest BCUT2D eigenvalue weighted by molar-refractivity contribution is 0.280. The van der Waals surface area contributed by atoms with Crippen LogP contribution >= 0.6 is 0 Å². The maximum absolute atomic E-state index is 5.57. The molecule has 108 valence electrons. The van der Waals surface area contributed by atoms with Crippen LogP contribution in [0.3, 0.4) is 0 Å². The Morgan fingerprint density at radius 1 is 1.16 bits per heavy atom. The molecule has 0 atom stereocenters. The van der Waals surface area contributed by atoms with Gasteiger partial charge in [0.05, 0.1) is 6.61 Å². The normalized spacial score (nSPS) is 10.7. The molecule has 0 radical (unpaired) electrons. The van der Waals surface area contributed by atoms with Gasteiger partial charge in [-0.3, -0.25) is 0 Å². The van der Waals surface area contributed by atoms with E-state index in [2.05, 4.69) is 29.1 Å². The van der Waals surface area contributed by atoms with Gasteiger partial charge in [0, 0.05) is 24.0 Å². The van der Waals surface area contributed by atoms with Crippen LogP contribution in [0.15, 0.2) is 6.20 Å². The lowest BCUT2D eigenvalue weighted by atomic mass is 10.2. The Kier molecular flexibility index (Phi) is 8.14. The van der Waals surface area contributed by atoms with Crippen molar-refractivity contribution in [2.45, 2.75) is 59.4 Å². The van der Waals surface area contributed by atoms with Crippen LogP contribution in [0.25, 0.3) is 0 Å². The van der Waals surface area contributed by atoms with Gasteiger partial charge in [0.1, 0.15) is 0 Å². The largest absolute Gasteiger partial charge is 0.463 e. The van der Waals surface area contributed by atoms with Gasteiger partial charge in [0.25, 0.3) is 0 Å². The summed E-state index contributed by atoms with van der Waals surface area (Å²) >= 11 is 0. The minimum Gasteiger partial charge on any atom is -0.463 e. The first kappa shape index (κ1) is 15.9. The number of unbranched alkanes of at least 4 members (excludes halogenated alkanes) is 3. The van der Waals surface area contributed by atoms with E-state index in [-0.39, 0.29) is 0 Å². The Morgan fingerprint density at radius 3 is 2.68 bits per heavy atom. The van der Waals surface area contributed by atoms with Crippen molar-refractivity contribution in [3.8, 4) is 6.01 Å². The zero-order valence-electron chi connectivity index (χ0n) is 12.5. The molecule has 0 unspecified atom stereocenters. The van der Waals surface area contributed by atoms with Crippen molar-refractivity contribution in [2.24, 2.45) is 0 Å². The van der Waals surface area contributed by atoms with E-state index in [9.17, 15) is 0 Å². The highest BCUT2D eigenvalue weighted by molar-refractivity contribution is 5.17. The van der Waals surface area contributed by atoms with Crippen LogP contribution in [0.4, 0.5) is 0 Å². The molecule has 0 aliphatic carbocycles. The molecule has 4 nitrogen and oxygen atoms in total. The van der Waals surface area contributed by atoms with Gasteiger partial charge in [-0.25, -0.2) is 9.97 Å². The summed E-state index contributed by atoms with van der Waals surface area (Å²) in [7, 11) is 0. The third-order valence-electron chi connectivity index (χ3n) is 3.03. The summed E-state index contributed by atoms with van der Waals surface area (Å²) in [6.45, 7) is 8.94. The summed E-state index contributed by atoms with van der Waals surface area (Å²) in [5.41, 5.74) is 2.15. The molecule has 0 spiro atoms. The Morgan fingerprint density at radius 2 is 2.00 bits per heavy atom. The Labute approximate surface area is 117 Å². The zero-order valence-corrected chi connectivity index (χ0v) is 12.5. The van der Waals surface area contributed by atoms with Crippen molar-refractivity contribution in [3.05, 3.63) is 17.5 Å². The van der Waals surface area contributed by atoms with Gasteiger partial charge in [-0.1, -0.05) is 33.1 Å². The molecule has 0 amide bonds.